The summed E-state index contributed by atoms with van der Waals surface area (Å²) in [6, 6.07) is 7.61. The molecule has 1 saturated heterocycles. The largest absolute Gasteiger partial charge is 0.497 e. The quantitative estimate of drug-likeness (QED) is 0.374. The minimum Gasteiger partial charge on any atom is -0.497 e. The van der Waals surface area contributed by atoms with Gasteiger partial charge in [0.15, 0.2) is 15.8 Å². The topological polar surface area (TPSA) is 83.0 Å². The van der Waals surface area contributed by atoms with Crippen LogP contribution in [0, 0.1) is 17.6 Å². The summed E-state index contributed by atoms with van der Waals surface area (Å²) in [7, 11) is -3.20. The molecular weight excluding hydrogens is 520 g/mol. The molecule has 0 amide bonds. The molecule has 0 unspecified atom stereocenters. The van der Waals surface area contributed by atoms with Gasteiger partial charge < -0.3 is 14.7 Å². The molecule has 1 aliphatic heterocycles. The van der Waals surface area contributed by atoms with E-state index in [9.17, 15) is 8.42 Å². The van der Waals surface area contributed by atoms with Crippen molar-refractivity contribution in [3.63, 3.8) is 0 Å². The molecular formula is C23H24ClF2N3O4S2. The van der Waals surface area contributed by atoms with Crippen molar-refractivity contribution < 1.29 is 27.0 Å². The number of sulfonamides is 1. The van der Waals surface area contributed by atoms with E-state index in [0.29, 0.717) is 30.8 Å². The van der Waals surface area contributed by atoms with Crippen molar-refractivity contribution in [2.45, 2.75) is 24.3 Å². The Bertz CT molecular complexity index is 1270. The number of aromatic nitrogens is 1. The molecule has 1 N–H and O–H groups in total. The number of halogens is 3. The third-order valence-electron chi connectivity index (χ3n) is 5.83. The fourth-order valence-electron chi connectivity index (χ4n) is 3.96. The lowest BCUT2D eigenvalue weighted by molar-refractivity contribution is 0.260. The second-order valence-electron chi connectivity index (χ2n) is 8.15. The van der Waals surface area contributed by atoms with Gasteiger partial charge in [0.25, 0.3) is 10.0 Å². The lowest BCUT2D eigenvalue weighted by Crippen LogP contribution is -2.47. The van der Waals surface area contributed by atoms with E-state index in [-0.39, 0.29) is 29.9 Å². The molecule has 188 valence electrons. The number of anilines is 2. The number of rotatable bonds is 10. The van der Waals surface area contributed by atoms with Crippen molar-refractivity contribution in [3.05, 3.63) is 64.1 Å². The van der Waals surface area contributed by atoms with Gasteiger partial charge in [-0.05, 0) is 36.5 Å². The maximum Gasteiger partial charge on any atom is 0.272 e. The first kappa shape index (κ1) is 25.6. The Kier molecular flexibility index (Phi) is 7.80. The fraction of sp³-hybridized carbons (Fsp3) is 0.348. The number of hydrogen-bond acceptors (Lipinski definition) is 7. The average molecular weight is 544 g/mol. The number of nitrogens with zero attached hydrogens (tertiary/aromatic N) is 3. The summed E-state index contributed by atoms with van der Waals surface area (Å²) in [6.07, 6.45) is 2.85. The third kappa shape index (κ3) is 5.23. The van der Waals surface area contributed by atoms with Gasteiger partial charge in [-0.1, -0.05) is 23.7 Å². The molecule has 12 heteroatoms. The van der Waals surface area contributed by atoms with E-state index in [1.165, 1.54) is 13.3 Å². The van der Waals surface area contributed by atoms with Crippen molar-refractivity contribution in [3.8, 4) is 5.75 Å². The van der Waals surface area contributed by atoms with Crippen LogP contribution < -0.4 is 13.9 Å². The zero-order chi connectivity index (χ0) is 25.2. The Morgan fingerprint density at radius 3 is 2.60 bits per heavy atom. The molecule has 0 saturated carbocycles. The lowest BCUT2D eigenvalue weighted by atomic mass is 9.94. The molecule has 35 heavy (non-hydrogen) atoms. The molecule has 0 aliphatic carbocycles. The molecule has 4 rings (SSSR count). The number of ether oxygens (including phenoxy) is 1. The maximum atomic E-state index is 15.4. The van der Waals surface area contributed by atoms with E-state index in [1.54, 1.807) is 34.5 Å². The number of thiazole rings is 1. The molecule has 0 atom stereocenters. The van der Waals surface area contributed by atoms with Gasteiger partial charge in [0.05, 0.1) is 19.3 Å². The van der Waals surface area contributed by atoms with E-state index in [1.807, 2.05) is 0 Å². The second-order valence-corrected chi connectivity index (χ2v) is 11.2. The molecule has 7 nitrogen and oxygen atoms in total. The van der Waals surface area contributed by atoms with Crippen molar-refractivity contribution in [2.24, 2.45) is 5.92 Å². The monoisotopic (exact) mass is 543 g/mol. The minimum absolute atomic E-state index is 0.0642. The molecule has 2 heterocycles. The number of hydrogen-bond donors (Lipinski definition) is 1. The minimum atomic E-state index is -4.71. The first-order valence-corrected chi connectivity index (χ1v) is 13.5. The molecule has 1 fully saturated rings. The van der Waals surface area contributed by atoms with Gasteiger partial charge in [-0.25, -0.2) is 26.5 Å². The smallest absolute Gasteiger partial charge is 0.272 e. The van der Waals surface area contributed by atoms with Gasteiger partial charge in [-0.3, -0.25) is 0 Å². The first-order valence-electron chi connectivity index (χ1n) is 10.8. The first-order chi connectivity index (χ1) is 16.8. The summed E-state index contributed by atoms with van der Waals surface area (Å²) in [5, 5.41) is 10.2. The van der Waals surface area contributed by atoms with Crippen LogP contribution in [0.4, 0.5) is 19.6 Å². The highest BCUT2D eigenvalue weighted by Crippen LogP contribution is 2.40. The van der Waals surface area contributed by atoms with Crippen LogP contribution in [-0.4, -0.2) is 45.3 Å². The van der Waals surface area contributed by atoms with E-state index < -0.39 is 31.6 Å². The summed E-state index contributed by atoms with van der Waals surface area (Å²) >= 11 is 7.26. The fourth-order valence-corrected chi connectivity index (χ4v) is 6.68. The predicted octanol–water partition coefficient (Wildman–Crippen LogP) is 4.69. The van der Waals surface area contributed by atoms with E-state index in [0.717, 1.165) is 28.1 Å². The molecule has 0 radical (unpaired) electrons. The molecule has 0 spiro atoms. The standard InChI is InChI=1S/C23H24ClF2N3O4S2/c1-33-17-6-4-15(5-7-17)14-29(23-27-8-10-34-23)35(31,32)22-18(25)11-19(20(24)21(22)26)28-12-16(13-28)3-2-9-30/h4-8,10-11,16,30H,2-3,9,12-14H2,1H3. The van der Waals surface area contributed by atoms with Crippen LogP contribution in [0.15, 0.2) is 46.8 Å². The number of benzene rings is 2. The van der Waals surface area contributed by atoms with Crippen LogP contribution in [0.25, 0.3) is 0 Å². The van der Waals surface area contributed by atoms with Crippen LogP contribution >= 0.6 is 22.9 Å². The van der Waals surface area contributed by atoms with Crippen LogP contribution in [0.3, 0.4) is 0 Å². The van der Waals surface area contributed by atoms with Gasteiger partial charge in [0, 0.05) is 37.3 Å². The Balaban J connectivity index is 1.67. The van der Waals surface area contributed by atoms with E-state index >= 15 is 8.78 Å². The summed E-state index contributed by atoms with van der Waals surface area (Å²) in [6.45, 7) is 0.927. The van der Waals surface area contributed by atoms with Gasteiger partial charge >= 0.3 is 0 Å². The molecule has 3 aromatic rings. The highest BCUT2D eigenvalue weighted by atomic mass is 35.5. The molecule has 1 aliphatic rings. The van der Waals surface area contributed by atoms with Crippen molar-refractivity contribution in [2.75, 3.05) is 36.0 Å². The zero-order valence-corrected chi connectivity index (χ0v) is 21.2. The Morgan fingerprint density at radius 1 is 1.29 bits per heavy atom. The third-order valence-corrected chi connectivity index (χ3v) is 8.87. The lowest BCUT2D eigenvalue weighted by Gasteiger charge is -2.41. The second kappa shape index (κ2) is 10.7. The molecule has 1 aromatic heterocycles. The van der Waals surface area contributed by atoms with Crippen LogP contribution in [0.2, 0.25) is 5.02 Å². The van der Waals surface area contributed by atoms with E-state index in [2.05, 4.69) is 4.98 Å². The highest BCUT2D eigenvalue weighted by Gasteiger charge is 2.37. The van der Waals surface area contributed by atoms with Crippen molar-refractivity contribution in [1.82, 2.24) is 4.98 Å². The Hall–Kier alpha value is -2.47. The number of aliphatic hydroxyl groups excluding tert-OH is 1. The summed E-state index contributed by atoms with van der Waals surface area (Å²) in [4.78, 5) is 4.64. The predicted molar refractivity (Wildman–Crippen MR) is 132 cm³/mol. The summed E-state index contributed by atoms with van der Waals surface area (Å²) < 4.78 is 63.8. The SMILES string of the molecule is COc1ccc(CN(c2nccs2)S(=O)(=O)c2c(F)cc(N3CC(CCCO)C3)c(Cl)c2F)cc1. The van der Waals surface area contributed by atoms with Crippen LogP contribution in [0.5, 0.6) is 5.75 Å². The Labute approximate surface area is 211 Å². The normalized spacial score (nSPS) is 14.1. The van der Waals surface area contributed by atoms with Gasteiger partial charge in [-0.15, -0.1) is 11.3 Å². The van der Waals surface area contributed by atoms with Crippen LogP contribution in [0.1, 0.15) is 18.4 Å². The van der Waals surface area contributed by atoms with Gasteiger partial charge in [0.1, 0.15) is 16.6 Å². The zero-order valence-electron chi connectivity index (χ0n) is 18.8. The number of aliphatic hydroxyl groups is 1. The summed E-state index contributed by atoms with van der Waals surface area (Å²) in [5.74, 6) is -1.70. The average Bonchev–Trinajstić information content (AvgIpc) is 3.34. The Morgan fingerprint density at radius 2 is 2.00 bits per heavy atom. The van der Waals surface area contributed by atoms with Crippen molar-refractivity contribution >= 4 is 43.8 Å². The number of methoxy groups -OCH3 is 1. The highest BCUT2D eigenvalue weighted by molar-refractivity contribution is 7.93. The van der Waals surface area contributed by atoms with Gasteiger partial charge in [-0.2, -0.15) is 0 Å². The van der Waals surface area contributed by atoms with Gasteiger partial charge in [0.2, 0.25) is 0 Å². The summed E-state index contributed by atoms with van der Waals surface area (Å²) in [5.41, 5.74) is 0.680. The van der Waals surface area contributed by atoms with Crippen molar-refractivity contribution in [1.29, 1.82) is 0 Å². The van der Waals surface area contributed by atoms with Crippen LogP contribution in [-0.2, 0) is 16.6 Å². The van der Waals surface area contributed by atoms with E-state index in [4.69, 9.17) is 21.4 Å². The maximum absolute atomic E-state index is 15.4. The molecule has 2 aromatic carbocycles. The molecule has 0 bridgehead atoms.